The first-order valence-corrected chi connectivity index (χ1v) is 16.9. The highest BCUT2D eigenvalue weighted by molar-refractivity contribution is 5.77. The van der Waals surface area contributed by atoms with Crippen LogP contribution in [-0.2, 0) is 4.79 Å². The number of amides is 2. The van der Waals surface area contributed by atoms with Crippen molar-refractivity contribution in [2.75, 3.05) is 26.2 Å². The van der Waals surface area contributed by atoms with E-state index in [-0.39, 0.29) is 28.9 Å². The maximum atomic E-state index is 13.2. The number of hydrogen-bond donors (Lipinski definition) is 1. The van der Waals surface area contributed by atoms with E-state index in [1.54, 1.807) is 4.90 Å². The number of carbonyl (C=O) groups is 2. The third kappa shape index (κ3) is 5.65. The lowest BCUT2D eigenvalue weighted by atomic mass is 9.47. The van der Waals surface area contributed by atoms with Crippen molar-refractivity contribution >= 4 is 17.7 Å². The number of non-ortho nitro benzene ring substituents is 1. The summed E-state index contributed by atoms with van der Waals surface area (Å²) in [4.78, 5) is 39.6. The molecule has 6 rings (SSSR count). The van der Waals surface area contributed by atoms with Gasteiger partial charge in [-0.05, 0) is 110 Å². The summed E-state index contributed by atoms with van der Waals surface area (Å²) in [5.74, 6) is 3.83. The molecule has 0 radical (unpaired) electrons. The van der Waals surface area contributed by atoms with Crippen LogP contribution in [0.25, 0.3) is 0 Å². The molecule has 44 heavy (non-hydrogen) atoms. The third-order valence-corrected chi connectivity index (χ3v) is 12.8. The quantitative estimate of drug-likeness (QED) is 0.222. The van der Waals surface area contributed by atoms with Crippen LogP contribution in [0.15, 0.2) is 35.9 Å². The standard InChI is InChI=1S/C35H49N3O6/c1-23(4-13-32(40)36-18-20-37(21-19-36)33(41)44-27-8-6-25(7-9-27)38(42)43)29-11-12-30-28-10-5-24-22-26(39)14-16-34(24,2)31(28)15-17-35(29,30)3/h5-9,23,26,28-31,39H,4,10-22H2,1-3H3/t23-,26+,28+,29-,30+,31+,34+,35-/m1/s1. The van der Waals surface area contributed by atoms with Crippen LogP contribution in [0.5, 0.6) is 5.75 Å². The molecule has 1 aromatic rings. The van der Waals surface area contributed by atoms with Crippen molar-refractivity contribution in [3.05, 3.63) is 46.0 Å². The van der Waals surface area contributed by atoms with Gasteiger partial charge in [-0.2, -0.15) is 0 Å². The minimum Gasteiger partial charge on any atom is -0.410 e. The monoisotopic (exact) mass is 607 g/mol. The molecule has 9 nitrogen and oxygen atoms in total. The highest BCUT2D eigenvalue weighted by atomic mass is 16.6. The van der Waals surface area contributed by atoms with Gasteiger partial charge in [0.25, 0.3) is 5.69 Å². The second-order valence-corrected chi connectivity index (χ2v) is 14.9. The normalized spacial score (nSPS) is 35.5. The molecule has 0 aromatic heterocycles. The molecule has 8 atom stereocenters. The number of allylic oxidation sites excluding steroid dienone is 1. The molecule has 0 unspecified atom stereocenters. The van der Waals surface area contributed by atoms with Crippen molar-refractivity contribution < 1.29 is 24.4 Å². The molecule has 0 bridgehead atoms. The second-order valence-electron chi connectivity index (χ2n) is 14.9. The number of nitro benzene ring substituents is 1. The van der Waals surface area contributed by atoms with Crippen molar-refractivity contribution in [1.29, 1.82) is 0 Å². The van der Waals surface area contributed by atoms with E-state index in [0.29, 0.717) is 49.9 Å². The Morgan fingerprint density at radius 1 is 1.02 bits per heavy atom. The summed E-state index contributed by atoms with van der Waals surface area (Å²) < 4.78 is 5.39. The van der Waals surface area contributed by atoms with Crippen LogP contribution < -0.4 is 4.74 Å². The summed E-state index contributed by atoms with van der Waals surface area (Å²) >= 11 is 0. The zero-order valence-electron chi connectivity index (χ0n) is 26.6. The topological polar surface area (TPSA) is 113 Å². The molecule has 4 fully saturated rings. The Balaban J connectivity index is 0.983. The van der Waals surface area contributed by atoms with E-state index in [4.69, 9.17) is 4.74 Å². The fraction of sp³-hybridized carbons (Fsp3) is 0.714. The lowest BCUT2D eigenvalue weighted by Crippen LogP contribution is -2.51. The van der Waals surface area contributed by atoms with Crippen LogP contribution >= 0.6 is 0 Å². The Hall–Kier alpha value is -2.94. The molecule has 1 saturated heterocycles. The van der Waals surface area contributed by atoms with Crippen molar-refractivity contribution in [3.8, 4) is 5.75 Å². The summed E-state index contributed by atoms with van der Waals surface area (Å²) in [7, 11) is 0. The van der Waals surface area contributed by atoms with Crippen LogP contribution in [0.1, 0.15) is 85.0 Å². The number of fused-ring (bicyclic) bond motifs is 5. The van der Waals surface area contributed by atoms with Crippen LogP contribution in [0, 0.1) is 50.5 Å². The third-order valence-electron chi connectivity index (χ3n) is 12.8. The maximum absolute atomic E-state index is 13.2. The SMILES string of the molecule is C[C@H](CCC(=O)N1CCN(C(=O)Oc2ccc([N+](=O)[O-])cc2)CC1)[C@H]1CC[C@H]2[C@@H]3CC=C4C[C@@H](O)CC[C@]4(C)[C@H]3CC[C@]12C. The Labute approximate surface area is 261 Å². The molecular weight excluding hydrogens is 558 g/mol. The van der Waals surface area contributed by atoms with Gasteiger partial charge in [0.15, 0.2) is 0 Å². The molecule has 1 N–H and O–H groups in total. The number of rotatable bonds is 6. The van der Waals surface area contributed by atoms with Gasteiger partial charge in [-0.15, -0.1) is 0 Å². The summed E-state index contributed by atoms with van der Waals surface area (Å²) in [6, 6.07) is 5.45. The lowest BCUT2D eigenvalue weighted by Gasteiger charge is -2.58. The molecule has 0 spiro atoms. The van der Waals surface area contributed by atoms with Crippen LogP contribution in [0.2, 0.25) is 0 Å². The summed E-state index contributed by atoms with van der Waals surface area (Å²) in [6.07, 6.45) is 12.6. The van der Waals surface area contributed by atoms with E-state index in [1.807, 2.05) is 4.90 Å². The van der Waals surface area contributed by atoms with Gasteiger partial charge in [0, 0.05) is 44.7 Å². The van der Waals surface area contributed by atoms with Crippen LogP contribution in [0.4, 0.5) is 10.5 Å². The summed E-state index contributed by atoms with van der Waals surface area (Å²) in [5, 5.41) is 21.2. The molecule has 4 aliphatic carbocycles. The number of aliphatic hydroxyl groups excluding tert-OH is 1. The fourth-order valence-electron chi connectivity index (χ4n) is 10.3. The van der Waals surface area contributed by atoms with E-state index < -0.39 is 11.0 Å². The maximum Gasteiger partial charge on any atom is 0.415 e. The van der Waals surface area contributed by atoms with Gasteiger partial charge in [-0.3, -0.25) is 14.9 Å². The van der Waals surface area contributed by atoms with E-state index in [0.717, 1.165) is 43.4 Å². The number of benzene rings is 1. The van der Waals surface area contributed by atoms with Gasteiger partial charge in [-0.1, -0.05) is 32.4 Å². The van der Waals surface area contributed by atoms with Crippen LogP contribution in [-0.4, -0.2) is 64.1 Å². The first-order valence-electron chi connectivity index (χ1n) is 16.9. The Kier molecular flexibility index (Phi) is 8.54. The fourth-order valence-corrected chi connectivity index (χ4v) is 10.3. The van der Waals surface area contributed by atoms with E-state index in [9.17, 15) is 24.8 Å². The van der Waals surface area contributed by atoms with Crippen molar-refractivity contribution in [2.45, 2.75) is 91.1 Å². The van der Waals surface area contributed by atoms with Crippen LogP contribution in [0.3, 0.4) is 0 Å². The number of nitro groups is 1. The minimum absolute atomic E-state index is 0.0588. The summed E-state index contributed by atoms with van der Waals surface area (Å²) in [6.45, 7) is 9.21. The number of carbonyl (C=O) groups excluding carboxylic acids is 2. The second kappa shape index (κ2) is 12.1. The van der Waals surface area contributed by atoms with E-state index >= 15 is 0 Å². The lowest BCUT2D eigenvalue weighted by molar-refractivity contribution is -0.384. The first kappa shape index (κ1) is 31.1. The van der Waals surface area contributed by atoms with E-state index in [2.05, 4.69) is 26.8 Å². The predicted molar refractivity (Wildman–Crippen MR) is 167 cm³/mol. The van der Waals surface area contributed by atoms with Crippen molar-refractivity contribution in [3.63, 3.8) is 0 Å². The Morgan fingerprint density at radius 3 is 2.43 bits per heavy atom. The smallest absolute Gasteiger partial charge is 0.410 e. The largest absolute Gasteiger partial charge is 0.415 e. The molecule has 5 aliphatic rings. The van der Waals surface area contributed by atoms with Gasteiger partial charge in [0.1, 0.15) is 5.75 Å². The number of ether oxygens (including phenoxy) is 1. The molecule has 2 amide bonds. The number of nitrogens with zero attached hydrogens (tertiary/aromatic N) is 3. The van der Waals surface area contributed by atoms with Gasteiger partial charge in [0.2, 0.25) is 5.91 Å². The average Bonchev–Trinajstić information content (AvgIpc) is 3.37. The zero-order chi connectivity index (χ0) is 31.2. The molecular formula is C35H49N3O6. The Bertz CT molecular complexity index is 1290. The van der Waals surface area contributed by atoms with E-state index in [1.165, 1.54) is 61.9 Å². The number of piperazine rings is 1. The predicted octanol–water partition coefficient (Wildman–Crippen LogP) is 6.59. The number of hydrogen-bond acceptors (Lipinski definition) is 6. The minimum atomic E-state index is -0.502. The van der Waals surface area contributed by atoms with Crippen molar-refractivity contribution in [2.24, 2.45) is 40.4 Å². The number of aliphatic hydroxyl groups is 1. The molecule has 1 aliphatic heterocycles. The average molecular weight is 608 g/mol. The Morgan fingerprint density at radius 2 is 1.73 bits per heavy atom. The molecule has 1 aromatic carbocycles. The van der Waals surface area contributed by atoms with Gasteiger partial charge < -0.3 is 19.6 Å². The van der Waals surface area contributed by atoms with Crippen molar-refractivity contribution in [1.82, 2.24) is 9.80 Å². The van der Waals surface area contributed by atoms with Gasteiger partial charge in [-0.25, -0.2) is 4.79 Å². The zero-order valence-corrected chi connectivity index (χ0v) is 26.6. The molecule has 240 valence electrons. The molecule has 9 heteroatoms. The highest BCUT2D eigenvalue weighted by Crippen LogP contribution is 2.67. The van der Waals surface area contributed by atoms with Gasteiger partial charge >= 0.3 is 6.09 Å². The molecule has 3 saturated carbocycles. The van der Waals surface area contributed by atoms with Gasteiger partial charge in [0.05, 0.1) is 11.0 Å². The molecule has 1 heterocycles. The highest BCUT2D eigenvalue weighted by Gasteiger charge is 2.59. The first-order chi connectivity index (χ1) is 21.0. The summed E-state index contributed by atoms with van der Waals surface area (Å²) in [5.41, 5.74) is 2.08.